The fraction of sp³-hybridized carbons (Fsp3) is 0.900. The van der Waals surface area contributed by atoms with Gasteiger partial charge in [-0.15, -0.1) is 0 Å². The van der Waals surface area contributed by atoms with Gasteiger partial charge in [0.2, 0.25) is 0 Å². The van der Waals surface area contributed by atoms with Crippen LogP contribution in [-0.2, 0) is 19.4 Å². The molecule has 1 heterocycles. The van der Waals surface area contributed by atoms with E-state index in [9.17, 15) is 13.2 Å². The van der Waals surface area contributed by atoms with Crippen molar-refractivity contribution in [1.82, 2.24) is 5.32 Å². The molecule has 5 nitrogen and oxygen atoms in total. The third-order valence-electron chi connectivity index (χ3n) is 2.77. The van der Waals surface area contributed by atoms with E-state index in [1.54, 1.807) is 0 Å². The van der Waals surface area contributed by atoms with Crippen LogP contribution in [0.1, 0.15) is 20.3 Å². The Balaban J connectivity index is 2.60. The second kappa shape index (κ2) is 5.14. The van der Waals surface area contributed by atoms with Crippen LogP contribution >= 0.6 is 0 Å². The van der Waals surface area contributed by atoms with Crippen LogP contribution in [0.4, 0.5) is 0 Å². The van der Waals surface area contributed by atoms with Crippen molar-refractivity contribution in [3.8, 4) is 0 Å². The SMILES string of the molecule is COC(=O)C(NC1CCS(=O)(=O)C1)C(C)C. The average Bonchev–Trinajstić information content (AvgIpc) is 2.53. The Labute approximate surface area is 96.5 Å². The number of hydrogen-bond acceptors (Lipinski definition) is 5. The summed E-state index contributed by atoms with van der Waals surface area (Å²) in [6.07, 6.45) is 0.572. The maximum atomic E-state index is 11.5. The van der Waals surface area contributed by atoms with Crippen LogP contribution in [0.25, 0.3) is 0 Å². The first kappa shape index (κ1) is 13.4. The van der Waals surface area contributed by atoms with Crippen molar-refractivity contribution >= 4 is 15.8 Å². The fourth-order valence-corrected chi connectivity index (χ4v) is 3.53. The van der Waals surface area contributed by atoms with Gasteiger partial charge in [0.1, 0.15) is 6.04 Å². The lowest BCUT2D eigenvalue weighted by Crippen LogP contribution is -2.47. The van der Waals surface area contributed by atoms with Crippen LogP contribution in [0.3, 0.4) is 0 Å². The molecule has 0 saturated carbocycles. The molecule has 1 aliphatic heterocycles. The van der Waals surface area contributed by atoms with Crippen LogP contribution in [-0.4, -0.2) is 45.1 Å². The minimum absolute atomic E-state index is 0.0794. The summed E-state index contributed by atoms with van der Waals surface area (Å²) in [4.78, 5) is 11.5. The van der Waals surface area contributed by atoms with Crippen molar-refractivity contribution < 1.29 is 17.9 Å². The van der Waals surface area contributed by atoms with Gasteiger partial charge < -0.3 is 10.1 Å². The largest absolute Gasteiger partial charge is 0.468 e. The van der Waals surface area contributed by atoms with Crippen molar-refractivity contribution in [1.29, 1.82) is 0 Å². The van der Waals surface area contributed by atoms with Crippen molar-refractivity contribution in [3.63, 3.8) is 0 Å². The van der Waals surface area contributed by atoms with Gasteiger partial charge >= 0.3 is 5.97 Å². The first-order chi connectivity index (χ1) is 7.35. The molecule has 1 fully saturated rings. The number of methoxy groups -OCH3 is 1. The molecule has 6 heteroatoms. The van der Waals surface area contributed by atoms with Crippen LogP contribution in [0.2, 0.25) is 0 Å². The van der Waals surface area contributed by atoms with Gasteiger partial charge in [-0.25, -0.2) is 8.42 Å². The molecule has 2 unspecified atom stereocenters. The monoisotopic (exact) mass is 249 g/mol. The molecule has 1 N–H and O–H groups in total. The molecular formula is C10H19NO4S. The molecular weight excluding hydrogens is 230 g/mol. The van der Waals surface area contributed by atoms with Crippen molar-refractivity contribution in [2.75, 3.05) is 18.6 Å². The zero-order valence-electron chi connectivity index (χ0n) is 9.89. The van der Waals surface area contributed by atoms with Gasteiger partial charge in [0.15, 0.2) is 9.84 Å². The maximum absolute atomic E-state index is 11.5. The Morgan fingerprint density at radius 1 is 1.44 bits per heavy atom. The summed E-state index contributed by atoms with van der Waals surface area (Å²) < 4.78 is 27.2. The third-order valence-corrected chi connectivity index (χ3v) is 4.54. The molecule has 16 heavy (non-hydrogen) atoms. The number of carbonyl (C=O) groups is 1. The number of nitrogens with one attached hydrogen (secondary N) is 1. The molecule has 1 aliphatic rings. The van der Waals surface area contributed by atoms with Crippen LogP contribution in [0, 0.1) is 5.92 Å². The molecule has 1 rings (SSSR count). The molecule has 0 amide bonds. The van der Waals surface area contributed by atoms with E-state index in [0.717, 1.165) is 0 Å². The third kappa shape index (κ3) is 3.45. The smallest absolute Gasteiger partial charge is 0.323 e. The Hall–Kier alpha value is -0.620. The molecule has 0 aliphatic carbocycles. The van der Waals surface area contributed by atoms with Gasteiger partial charge in [0.25, 0.3) is 0 Å². The fourth-order valence-electron chi connectivity index (χ4n) is 1.84. The Morgan fingerprint density at radius 3 is 2.44 bits per heavy atom. The number of hydrogen-bond donors (Lipinski definition) is 1. The summed E-state index contributed by atoms with van der Waals surface area (Å²) in [7, 11) is -1.58. The average molecular weight is 249 g/mol. The molecule has 1 saturated heterocycles. The highest BCUT2D eigenvalue weighted by Gasteiger charge is 2.32. The van der Waals surface area contributed by atoms with Crippen molar-refractivity contribution in [2.24, 2.45) is 5.92 Å². The summed E-state index contributed by atoms with van der Waals surface area (Å²) in [5, 5.41) is 3.07. The van der Waals surface area contributed by atoms with E-state index in [2.05, 4.69) is 10.1 Å². The highest BCUT2D eigenvalue weighted by atomic mass is 32.2. The van der Waals surface area contributed by atoms with E-state index in [4.69, 9.17) is 0 Å². The van der Waals surface area contributed by atoms with E-state index < -0.39 is 15.9 Å². The van der Waals surface area contributed by atoms with E-state index in [1.165, 1.54) is 7.11 Å². The van der Waals surface area contributed by atoms with Crippen molar-refractivity contribution in [2.45, 2.75) is 32.4 Å². The maximum Gasteiger partial charge on any atom is 0.323 e. The van der Waals surface area contributed by atoms with Gasteiger partial charge in [-0.2, -0.15) is 0 Å². The predicted molar refractivity (Wildman–Crippen MR) is 60.8 cm³/mol. The Kier molecular flexibility index (Phi) is 4.32. The molecule has 0 aromatic heterocycles. The minimum Gasteiger partial charge on any atom is -0.468 e. The molecule has 2 atom stereocenters. The number of ether oxygens (including phenoxy) is 1. The predicted octanol–water partition coefficient (Wildman–Crippen LogP) is -0.0393. The van der Waals surface area contributed by atoms with Gasteiger partial charge in [-0.05, 0) is 12.3 Å². The Bertz CT molecular complexity index is 350. The zero-order valence-corrected chi connectivity index (χ0v) is 10.7. The van der Waals surface area contributed by atoms with Crippen LogP contribution < -0.4 is 5.32 Å². The second-order valence-electron chi connectivity index (χ2n) is 4.51. The summed E-state index contributed by atoms with van der Waals surface area (Å²) in [5.74, 6) is 0.0687. The van der Waals surface area contributed by atoms with E-state index >= 15 is 0 Å². The number of sulfone groups is 1. The van der Waals surface area contributed by atoms with E-state index in [1.807, 2.05) is 13.8 Å². The van der Waals surface area contributed by atoms with Crippen LogP contribution in [0.15, 0.2) is 0 Å². The lowest BCUT2D eigenvalue weighted by Gasteiger charge is -2.23. The summed E-state index contributed by atoms with van der Waals surface area (Å²) in [5.41, 5.74) is 0. The molecule has 0 bridgehead atoms. The normalized spacial score (nSPS) is 25.6. The number of carbonyl (C=O) groups excluding carboxylic acids is 1. The number of esters is 1. The molecule has 0 aromatic carbocycles. The van der Waals surface area contributed by atoms with E-state index in [-0.39, 0.29) is 29.4 Å². The zero-order chi connectivity index (χ0) is 12.3. The topological polar surface area (TPSA) is 72.5 Å². The van der Waals surface area contributed by atoms with Gasteiger partial charge in [0, 0.05) is 6.04 Å². The summed E-state index contributed by atoms with van der Waals surface area (Å²) in [6, 6.07) is -0.556. The molecule has 0 radical (unpaired) electrons. The van der Waals surface area contributed by atoms with Crippen molar-refractivity contribution in [3.05, 3.63) is 0 Å². The lowest BCUT2D eigenvalue weighted by atomic mass is 10.0. The molecule has 94 valence electrons. The standard InChI is InChI=1S/C10H19NO4S/c1-7(2)9(10(12)15-3)11-8-4-5-16(13,14)6-8/h7-9,11H,4-6H2,1-3H3. The summed E-state index contributed by atoms with van der Waals surface area (Å²) in [6.45, 7) is 3.80. The highest BCUT2D eigenvalue weighted by Crippen LogP contribution is 2.14. The second-order valence-corrected chi connectivity index (χ2v) is 6.74. The first-order valence-corrected chi connectivity index (χ1v) is 7.22. The highest BCUT2D eigenvalue weighted by molar-refractivity contribution is 7.91. The van der Waals surface area contributed by atoms with Gasteiger partial charge in [-0.1, -0.05) is 13.8 Å². The first-order valence-electron chi connectivity index (χ1n) is 5.40. The lowest BCUT2D eigenvalue weighted by molar-refractivity contribution is -0.144. The Morgan fingerprint density at radius 2 is 2.06 bits per heavy atom. The molecule has 0 spiro atoms. The van der Waals surface area contributed by atoms with E-state index in [0.29, 0.717) is 6.42 Å². The molecule has 0 aromatic rings. The quantitative estimate of drug-likeness (QED) is 0.708. The summed E-state index contributed by atoms with van der Waals surface area (Å²) >= 11 is 0. The number of rotatable bonds is 4. The minimum atomic E-state index is -2.91. The van der Waals surface area contributed by atoms with Gasteiger partial charge in [-0.3, -0.25) is 4.79 Å². The van der Waals surface area contributed by atoms with Crippen LogP contribution in [0.5, 0.6) is 0 Å². The van der Waals surface area contributed by atoms with Gasteiger partial charge in [0.05, 0.1) is 18.6 Å².